The molecule has 1 unspecified atom stereocenters. The summed E-state index contributed by atoms with van der Waals surface area (Å²) in [5, 5.41) is 2.41. The minimum atomic E-state index is -1.21. The lowest BCUT2D eigenvalue weighted by molar-refractivity contribution is -0.138. The van der Waals surface area contributed by atoms with Crippen LogP contribution < -0.4 is 14.8 Å². The highest BCUT2D eigenvalue weighted by Crippen LogP contribution is 2.30. The fraction of sp³-hybridized carbons (Fsp3) is 0.231. The minimum absolute atomic E-state index is 0.0240. The average Bonchev–Trinajstić information content (AvgIpc) is 2.66. The lowest BCUT2D eigenvalue weighted by Gasteiger charge is -2.19. The summed E-state index contributed by atoms with van der Waals surface area (Å²) in [6.07, 6.45) is -0.693. The summed E-state index contributed by atoms with van der Waals surface area (Å²) in [5.41, 5.74) is -0.630. The zero-order valence-corrected chi connectivity index (χ0v) is 11.0. The van der Waals surface area contributed by atoms with E-state index in [1.165, 1.54) is 19.1 Å². The number of hydrogen-bond donors (Lipinski definition) is 1. The van der Waals surface area contributed by atoms with E-state index < -0.39 is 17.6 Å². The molecule has 1 aliphatic heterocycles. The third-order valence-electron chi connectivity index (χ3n) is 2.93. The molecule has 8 heteroatoms. The predicted octanol–water partition coefficient (Wildman–Crippen LogP) is 0.325. The number of esters is 1. The van der Waals surface area contributed by atoms with Crippen molar-refractivity contribution in [2.45, 2.75) is 18.9 Å². The quantitative estimate of drug-likeness (QED) is 0.457. The molecule has 21 heavy (non-hydrogen) atoms. The first-order chi connectivity index (χ1) is 9.98. The number of cyclic esters (lactones) is 2. The Balaban J connectivity index is 2.26. The summed E-state index contributed by atoms with van der Waals surface area (Å²) >= 11 is 0. The van der Waals surface area contributed by atoms with Gasteiger partial charge >= 0.3 is 12.1 Å². The predicted molar refractivity (Wildman–Crippen MR) is 66.6 cm³/mol. The van der Waals surface area contributed by atoms with Crippen molar-refractivity contribution in [2.75, 3.05) is 0 Å². The summed E-state index contributed by atoms with van der Waals surface area (Å²) in [4.78, 5) is 43.5. The first kappa shape index (κ1) is 14.5. The van der Waals surface area contributed by atoms with Gasteiger partial charge in [0.05, 0.1) is 0 Å². The first-order valence-corrected chi connectivity index (χ1v) is 5.86. The SMILES string of the molecule is CC1(Cc2ccc(OC=O)c(OC=O)c2)NC(=O)OC1=O. The largest absolute Gasteiger partial charge is 0.425 e. The molecule has 1 heterocycles. The summed E-state index contributed by atoms with van der Waals surface area (Å²) in [5.74, 6) is -0.612. The molecule has 0 saturated carbocycles. The van der Waals surface area contributed by atoms with Gasteiger partial charge in [0.1, 0.15) is 5.54 Å². The van der Waals surface area contributed by atoms with E-state index >= 15 is 0 Å². The second-order valence-electron chi connectivity index (χ2n) is 4.52. The van der Waals surface area contributed by atoms with E-state index in [1.54, 1.807) is 6.07 Å². The molecule has 8 nitrogen and oxygen atoms in total. The molecule has 0 bridgehead atoms. The van der Waals surface area contributed by atoms with Crippen LogP contribution in [0.5, 0.6) is 11.5 Å². The summed E-state index contributed by atoms with van der Waals surface area (Å²) < 4.78 is 13.8. The van der Waals surface area contributed by atoms with Crippen molar-refractivity contribution >= 4 is 25.0 Å². The van der Waals surface area contributed by atoms with Gasteiger partial charge in [0.15, 0.2) is 11.5 Å². The molecule has 2 rings (SSSR count). The van der Waals surface area contributed by atoms with Gasteiger partial charge in [0.2, 0.25) is 0 Å². The molecule has 1 amide bonds. The highest BCUT2D eigenvalue weighted by atomic mass is 16.6. The van der Waals surface area contributed by atoms with E-state index in [-0.39, 0.29) is 30.9 Å². The number of nitrogens with one attached hydrogen (secondary N) is 1. The smallest absolute Gasteiger partial charge is 0.415 e. The van der Waals surface area contributed by atoms with Crippen molar-refractivity contribution in [3.05, 3.63) is 23.8 Å². The summed E-state index contributed by atoms with van der Waals surface area (Å²) in [6.45, 7) is 1.89. The van der Waals surface area contributed by atoms with E-state index in [0.717, 1.165) is 0 Å². The average molecular weight is 293 g/mol. The second-order valence-corrected chi connectivity index (χ2v) is 4.52. The van der Waals surface area contributed by atoms with Gasteiger partial charge in [-0.25, -0.2) is 9.59 Å². The van der Waals surface area contributed by atoms with Crippen LogP contribution in [0, 0.1) is 0 Å². The Labute approximate surface area is 119 Å². The first-order valence-electron chi connectivity index (χ1n) is 5.86. The third kappa shape index (κ3) is 2.99. The maximum absolute atomic E-state index is 11.6. The molecule has 0 radical (unpaired) electrons. The molecule has 110 valence electrons. The number of benzene rings is 1. The highest BCUT2D eigenvalue weighted by Gasteiger charge is 2.44. The number of rotatable bonds is 6. The number of hydrogen-bond acceptors (Lipinski definition) is 7. The molecule has 1 atom stereocenters. The zero-order valence-electron chi connectivity index (χ0n) is 11.0. The fourth-order valence-electron chi connectivity index (χ4n) is 1.98. The molecule has 1 saturated heterocycles. The maximum atomic E-state index is 11.6. The number of carbonyl (C=O) groups excluding carboxylic acids is 4. The maximum Gasteiger partial charge on any atom is 0.415 e. The number of carbonyl (C=O) groups is 4. The van der Waals surface area contributed by atoms with E-state index in [9.17, 15) is 19.2 Å². The highest BCUT2D eigenvalue weighted by molar-refractivity contribution is 5.98. The number of amides is 1. The molecule has 0 aromatic heterocycles. The second kappa shape index (κ2) is 5.61. The van der Waals surface area contributed by atoms with Crippen molar-refractivity contribution in [2.24, 2.45) is 0 Å². The van der Waals surface area contributed by atoms with Gasteiger partial charge in [-0.05, 0) is 24.6 Å². The lowest BCUT2D eigenvalue weighted by Crippen LogP contribution is -2.45. The Bertz CT molecular complexity index is 613. The Hall–Kier alpha value is -2.90. The Kier molecular flexibility index (Phi) is 3.88. The van der Waals surface area contributed by atoms with Gasteiger partial charge in [0, 0.05) is 6.42 Å². The minimum Gasteiger partial charge on any atom is -0.425 e. The van der Waals surface area contributed by atoms with Crippen LogP contribution in [0.4, 0.5) is 4.79 Å². The monoisotopic (exact) mass is 293 g/mol. The van der Waals surface area contributed by atoms with Crippen molar-refractivity contribution in [1.82, 2.24) is 5.32 Å². The van der Waals surface area contributed by atoms with Gasteiger partial charge in [-0.2, -0.15) is 0 Å². The molecule has 1 N–H and O–H groups in total. The molecular formula is C13H11NO7. The summed E-state index contributed by atoms with van der Waals surface area (Å²) in [6, 6.07) is 4.41. The van der Waals surface area contributed by atoms with E-state index in [4.69, 9.17) is 4.74 Å². The van der Waals surface area contributed by atoms with Crippen LogP contribution in [-0.4, -0.2) is 30.5 Å². The number of ether oxygens (including phenoxy) is 3. The Morgan fingerprint density at radius 1 is 1.19 bits per heavy atom. The van der Waals surface area contributed by atoms with Crippen LogP contribution >= 0.6 is 0 Å². The summed E-state index contributed by atoms with van der Waals surface area (Å²) in [7, 11) is 0. The van der Waals surface area contributed by atoms with Crippen LogP contribution in [-0.2, 0) is 25.5 Å². The lowest BCUT2D eigenvalue weighted by atomic mass is 9.93. The van der Waals surface area contributed by atoms with Gasteiger partial charge < -0.3 is 19.5 Å². The van der Waals surface area contributed by atoms with Crippen molar-refractivity contribution < 1.29 is 33.4 Å². The van der Waals surface area contributed by atoms with E-state index in [1.807, 2.05) is 0 Å². The number of alkyl carbamates (subject to hydrolysis) is 1. The molecule has 0 spiro atoms. The molecule has 1 aromatic rings. The van der Waals surface area contributed by atoms with Crippen molar-refractivity contribution in [3.63, 3.8) is 0 Å². The molecular weight excluding hydrogens is 282 g/mol. The van der Waals surface area contributed by atoms with Crippen LogP contribution in [0.25, 0.3) is 0 Å². The third-order valence-corrected chi connectivity index (χ3v) is 2.93. The van der Waals surface area contributed by atoms with Crippen LogP contribution in [0.15, 0.2) is 18.2 Å². The van der Waals surface area contributed by atoms with Gasteiger partial charge in [-0.3, -0.25) is 9.59 Å². The van der Waals surface area contributed by atoms with E-state index in [2.05, 4.69) is 14.8 Å². The van der Waals surface area contributed by atoms with Gasteiger partial charge in [-0.1, -0.05) is 6.07 Å². The fourth-order valence-corrected chi connectivity index (χ4v) is 1.98. The molecule has 1 fully saturated rings. The van der Waals surface area contributed by atoms with Crippen LogP contribution in [0.2, 0.25) is 0 Å². The van der Waals surface area contributed by atoms with Crippen molar-refractivity contribution in [1.29, 1.82) is 0 Å². The standard InChI is InChI=1S/C13H11NO7/c1-13(11(17)21-12(18)14-13)5-8-2-3-9(19-6-15)10(4-8)20-7-16/h2-4,6-7H,5H2,1H3,(H,14,18). The molecule has 1 aromatic carbocycles. The Morgan fingerprint density at radius 2 is 1.86 bits per heavy atom. The van der Waals surface area contributed by atoms with Gasteiger partial charge in [-0.15, -0.1) is 0 Å². The molecule has 1 aliphatic rings. The zero-order chi connectivity index (χ0) is 15.5. The van der Waals surface area contributed by atoms with E-state index in [0.29, 0.717) is 5.56 Å². The van der Waals surface area contributed by atoms with Crippen molar-refractivity contribution in [3.8, 4) is 11.5 Å². The Morgan fingerprint density at radius 3 is 2.43 bits per heavy atom. The molecule has 0 aliphatic carbocycles. The topological polar surface area (TPSA) is 108 Å². The van der Waals surface area contributed by atoms with Gasteiger partial charge in [0.25, 0.3) is 12.9 Å². The van der Waals surface area contributed by atoms with Crippen LogP contribution in [0.1, 0.15) is 12.5 Å². The normalized spacial score (nSPS) is 20.4. The van der Waals surface area contributed by atoms with Crippen LogP contribution in [0.3, 0.4) is 0 Å².